The highest BCUT2D eigenvalue weighted by Gasteiger charge is 2.28. The second kappa shape index (κ2) is 4.62. The van der Waals surface area contributed by atoms with Crippen LogP contribution in [-0.4, -0.2) is 18.7 Å². The first-order valence-corrected chi connectivity index (χ1v) is 6.98. The molecule has 18 heavy (non-hydrogen) atoms. The van der Waals surface area contributed by atoms with Crippen molar-refractivity contribution in [1.82, 2.24) is 9.97 Å². The van der Waals surface area contributed by atoms with E-state index in [4.69, 9.17) is 8.97 Å². The minimum Gasteiger partial charge on any atom is -0.448 e. The van der Waals surface area contributed by atoms with Crippen LogP contribution >= 0.6 is 0 Å². The second-order valence-corrected chi connectivity index (χ2v) is 5.28. The second-order valence-electron chi connectivity index (χ2n) is 4.35. The predicted molar refractivity (Wildman–Crippen MR) is 66.2 cm³/mol. The average Bonchev–Trinajstić information content (AvgIpc) is 3.08. The number of rotatable bonds is 4. The summed E-state index contributed by atoms with van der Waals surface area (Å²) in [6, 6.07) is 3.57. The zero-order valence-corrected chi connectivity index (χ0v) is 10.4. The lowest BCUT2D eigenvalue weighted by Crippen LogP contribution is -1.95. The van der Waals surface area contributed by atoms with E-state index in [1.54, 1.807) is 18.5 Å². The number of pyridine rings is 1. The Morgan fingerprint density at radius 1 is 1.44 bits per heavy atom. The van der Waals surface area contributed by atoms with Crippen LogP contribution in [0.15, 0.2) is 29.0 Å². The Labute approximate surface area is 107 Å². The van der Waals surface area contributed by atoms with Crippen molar-refractivity contribution in [3.63, 3.8) is 0 Å². The van der Waals surface area contributed by atoms with Crippen molar-refractivity contribution in [3.8, 4) is 11.3 Å². The molecule has 1 atom stereocenters. The third-order valence-corrected chi connectivity index (χ3v) is 3.38. The van der Waals surface area contributed by atoms with Gasteiger partial charge < -0.3 is 8.97 Å². The zero-order chi connectivity index (χ0) is 12.5. The van der Waals surface area contributed by atoms with Gasteiger partial charge in [-0.25, -0.2) is 9.19 Å². The average molecular weight is 264 g/mol. The van der Waals surface area contributed by atoms with Crippen LogP contribution in [0.4, 0.5) is 0 Å². The molecule has 2 aromatic heterocycles. The van der Waals surface area contributed by atoms with E-state index in [0.29, 0.717) is 11.6 Å². The molecule has 1 unspecified atom stereocenters. The molecule has 1 aliphatic carbocycles. The van der Waals surface area contributed by atoms with Crippen LogP contribution in [0, 0.1) is 0 Å². The summed E-state index contributed by atoms with van der Waals surface area (Å²) in [6.45, 7) is 0. The lowest BCUT2D eigenvalue weighted by atomic mass is 10.2. The van der Waals surface area contributed by atoms with E-state index in [1.165, 1.54) is 0 Å². The highest BCUT2D eigenvalue weighted by atomic mass is 32.2. The van der Waals surface area contributed by atoms with Gasteiger partial charge in [-0.05, 0) is 25.0 Å². The van der Waals surface area contributed by atoms with Gasteiger partial charge in [0.1, 0.15) is 12.0 Å². The maximum atomic E-state index is 10.7. The van der Waals surface area contributed by atoms with Crippen molar-refractivity contribution < 1.29 is 13.2 Å². The Morgan fingerprint density at radius 2 is 2.28 bits per heavy atom. The molecule has 2 aromatic rings. The van der Waals surface area contributed by atoms with Gasteiger partial charge in [-0.2, -0.15) is 0 Å². The Bertz CT molecular complexity index is 575. The van der Waals surface area contributed by atoms with Gasteiger partial charge in [0.2, 0.25) is 0 Å². The lowest BCUT2D eigenvalue weighted by Gasteiger charge is -1.98. The Balaban J connectivity index is 1.80. The van der Waals surface area contributed by atoms with Gasteiger partial charge in [-0.3, -0.25) is 4.98 Å². The summed E-state index contributed by atoms with van der Waals surface area (Å²) >= 11 is -1.86. The van der Waals surface area contributed by atoms with Crippen molar-refractivity contribution in [2.24, 2.45) is 0 Å². The van der Waals surface area contributed by atoms with Gasteiger partial charge in [0.15, 0.2) is 17.0 Å². The lowest BCUT2D eigenvalue weighted by molar-refractivity contribution is 0.497. The predicted octanol–water partition coefficient (Wildman–Crippen LogP) is 2.34. The summed E-state index contributed by atoms with van der Waals surface area (Å²) in [6.07, 6.45) is 5.59. The monoisotopic (exact) mass is 264 g/mol. The molecule has 1 aliphatic rings. The molecular formula is C12H12N2O3S. The maximum absolute atomic E-state index is 10.7. The van der Waals surface area contributed by atoms with Crippen LogP contribution in [0.3, 0.4) is 0 Å². The summed E-state index contributed by atoms with van der Waals surface area (Å²) in [5.41, 5.74) is 2.21. The highest BCUT2D eigenvalue weighted by Crippen LogP contribution is 2.40. The standard InChI is InChI=1S/C12H12N2O3S/c15-18(16)7-10-4-3-9(5-13-10)11-6-17-12(14-11)8-1-2-8/h3-6,8H,1-2,7H2,(H,15,16). The van der Waals surface area contributed by atoms with Crippen molar-refractivity contribution in [2.75, 3.05) is 0 Å². The quantitative estimate of drug-likeness (QED) is 0.858. The van der Waals surface area contributed by atoms with Crippen LogP contribution in [0.2, 0.25) is 0 Å². The molecule has 0 spiro atoms. The van der Waals surface area contributed by atoms with Crippen molar-refractivity contribution in [3.05, 3.63) is 36.2 Å². The Morgan fingerprint density at radius 3 is 2.89 bits per heavy atom. The largest absolute Gasteiger partial charge is 0.448 e. The molecule has 0 amide bonds. The van der Waals surface area contributed by atoms with Crippen LogP contribution in [-0.2, 0) is 16.8 Å². The molecular weight excluding hydrogens is 252 g/mol. The SMILES string of the molecule is O=S(O)Cc1ccc(-c2coc(C3CC3)n2)cn1. The van der Waals surface area contributed by atoms with Gasteiger partial charge in [0.05, 0.1) is 11.4 Å². The fourth-order valence-electron chi connectivity index (χ4n) is 1.73. The molecule has 94 valence electrons. The fraction of sp³-hybridized carbons (Fsp3) is 0.333. The van der Waals surface area contributed by atoms with Gasteiger partial charge in [0, 0.05) is 17.7 Å². The molecule has 3 rings (SSSR count). The Kier molecular flexibility index (Phi) is 2.97. The molecule has 0 bridgehead atoms. The first-order chi connectivity index (χ1) is 8.72. The number of aromatic nitrogens is 2. The van der Waals surface area contributed by atoms with E-state index < -0.39 is 11.1 Å². The summed E-state index contributed by atoms with van der Waals surface area (Å²) < 4.78 is 24.8. The minimum atomic E-state index is -1.86. The van der Waals surface area contributed by atoms with Gasteiger partial charge in [-0.15, -0.1) is 0 Å². The van der Waals surface area contributed by atoms with Crippen LogP contribution < -0.4 is 0 Å². The van der Waals surface area contributed by atoms with Gasteiger partial charge in [-0.1, -0.05) is 0 Å². The van der Waals surface area contributed by atoms with Gasteiger partial charge >= 0.3 is 0 Å². The first-order valence-electron chi connectivity index (χ1n) is 5.70. The van der Waals surface area contributed by atoms with E-state index in [-0.39, 0.29) is 5.75 Å². The number of hydrogen-bond donors (Lipinski definition) is 1. The molecule has 1 saturated carbocycles. The summed E-state index contributed by atoms with van der Waals surface area (Å²) in [4.78, 5) is 8.55. The van der Waals surface area contributed by atoms with Crippen molar-refractivity contribution >= 4 is 11.1 Å². The van der Waals surface area contributed by atoms with Crippen molar-refractivity contribution in [2.45, 2.75) is 24.5 Å². The molecule has 1 N–H and O–H groups in total. The van der Waals surface area contributed by atoms with Crippen molar-refractivity contribution in [1.29, 1.82) is 0 Å². The maximum Gasteiger partial charge on any atom is 0.197 e. The molecule has 1 fully saturated rings. The normalized spacial score (nSPS) is 16.7. The van der Waals surface area contributed by atoms with Crippen LogP contribution in [0.5, 0.6) is 0 Å². The first kappa shape index (κ1) is 11.6. The molecule has 0 saturated heterocycles. The third-order valence-electron chi connectivity index (χ3n) is 2.84. The number of oxazole rings is 1. The minimum absolute atomic E-state index is 0.0480. The molecule has 0 radical (unpaired) electrons. The third kappa shape index (κ3) is 2.49. The van der Waals surface area contributed by atoms with Crippen LogP contribution in [0.1, 0.15) is 30.3 Å². The summed E-state index contributed by atoms with van der Waals surface area (Å²) in [5, 5.41) is 0. The highest BCUT2D eigenvalue weighted by molar-refractivity contribution is 7.78. The van der Waals surface area contributed by atoms with E-state index in [2.05, 4.69) is 9.97 Å². The molecule has 0 aromatic carbocycles. The molecule has 5 nitrogen and oxygen atoms in total. The van der Waals surface area contributed by atoms with E-state index in [1.807, 2.05) is 6.07 Å². The van der Waals surface area contributed by atoms with E-state index in [0.717, 1.165) is 30.0 Å². The van der Waals surface area contributed by atoms with Gasteiger partial charge in [0.25, 0.3) is 0 Å². The number of nitrogens with zero attached hydrogens (tertiary/aromatic N) is 2. The Hall–Kier alpha value is -1.53. The van der Waals surface area contributed by atoms with Crippen LogP contribution in [0.25, 0.3) is 11.3 Å². The molecule has 0 aliphatic heterocycles. The zero-order valence-electron chi connectivity index (χ0n) is 9.57. The topological polar surface area (TPSA) is 76.2 Å². The summed E-state index contributed by atoms with van der Waals surface area (Å²) in [5.74, 6) is 1.33. The number of hydrogen-bond acceptors (Lipinski definition) is 4. The smallest absolute Gasteiger partial charge is 0.197 e. The van der Waals surface area contributed by atoms with E-state index >= 15 is 0 Å². The van der Waals surface area contributed by atoms with E-state index in [9.17, 15) is 4.21 Å². The molecule has 2 heterocycles. The fourth-order valence-corrected chi connectivity index (χ4v) is 2.15. The summed E-state index contributed by atoms with van der Waals surface area (Å²) in [7, 11) is 0. The molecule has 6 heteroatoms.